The summed E-state index contributed by atoms with van der Waals surface area (Å²) in [6.07, 6.45) is 6.15. The quantitative estimate of drug-likeness (QED) is 0.656. The number of hydrogen-bond donors (Lipinski definition) is 1. The van der Waals surface area contributed by atoms with E-state index >= 15 is 0 Å². The number of carbonyl (C=O) groups is 1. The summed E-state index contributed by atoms with van der Waals surface area (Å²) < 4.78 is 34.1. The minimum atomic E-state index is -3.79. The topological polar surface area (TPSA) is 123 Å². The highest BCUT2D eigenvalue weighted by molar-refractivity contribution is 7.89. The summed E-state index contributed by atoms with van der Waals surface area (Å²) in [5, 5.41) is 10.8. The molecule has 0 aromatic carbocycles. The van der Waals surface area contributed by atoms with Gasteiger partial charge in [0.05, 0.1) is 11.6 Å². The number of aryl methyl sites for hydroxylation is 2. The Morgan fingerprint density at radius 3 is 2.80 bits per heavy atom. The summed E-state index contributed by atoms with van der Waals surface area (Å²) in [7, 11) is -3.79. The van der Waals surface area contributed by atoms with Crippen molar-refractivity contribution in [3.8, 4) is 5.82 Å². The molecule has 3 aromatic rings. The molecule has 0 saturated carbocycles. The van der Waals surface area contributed by atoms with E-state index in [1.165, 1.54) is 4.31 Å². The van der Waals surface area contributed by atoms with Crippen LogP contribution >= 0.6 is 0 Å². The van der Waals surface area contributed by atoms with Gasteiger partial charge in [0.1, 0.15) is 10.6 Å². The van der Waals surface area contributed by atoms with E-state index in [9.17, 15) is 13.2 Å². The van der Waals surface area contributed by atoms with Crippen LogP contribution in [-0.4, -0.2) is 51.6 Å². The van der Waals surface area contributed by atoms with Gasteiger partial charge >= 0.3 is 0 Å². The predicted octanol–water partition coefficient (Wildman–Crippen LogP) is 1.91. The Morgan fingerprint density at radius 1 is 1.27 bits per heavy atom. The van der Waals surface area contributed by atoms with Crippen LogP contribution in [0.3, 0.4) is 0 Å². The molecule has 1 aliphatic rings. The lowest BCUT2D eigenvalue weighted by atomic mass is 9.99. The van der Waals surface area contributed by atoms with Gasteiger partial charge in [-0.25, -0.2) is 18.1 Å². The van der Waals surface area contributed by atoms with Gasteiger partial charge in [-0.3, -0.25) is 4.79 Å². The van der Waals surface area contributed by atoms with Crippen LogP contribution in [0.2, 0.25) is 0 Å². The molecular weight excluding hydrogens is 408 g/mol. The zero-order chi connectivity index (χ0) is 21.3. The van der Waals surface area contributed by atoms with E-state index in [1.807, 2.05) is 0 Å². The van der Waals surface area contributed by atoms with Crippen molar-refractivity contribution in [1.82, 2.24) is 24.2 Å². The lowest BCUT2D eigenvalue weighted by Gasteiger charge is -2.31. The van der Waals surface area contributed by atoms with Crippen molar-refractivity contribution in [3.05, 3.63) is 48.2 Å². The van der Waals surface area contributed by atoms with Crippen LogP contribution in [0.4, 0.5) is 5.69 Å². The fraction of sp³-hybridized carbons (Fsp3) is 0.368. The number of anilines is 1. The summed E-state index contributed by atoms with van der Waals surface area (Å²) >= 11 is 0. The molecule has 0 aliphatic carbocycles. The summed E-state index contributed by atoms with van der Waals surface area (Å²) in [5.74, 6) is -0.0000915. The lowest BCUT2D eigenvalue weighted by molar-refractivity contribution is -0.120. The van der Waals surface area contributed by atoms with Crippen LogP contribution in [0.15, 0.2) is 46.2 Å². The van der Waals surface area contributed by atoms with Crippen molar-refractivity contribution in [2.75, 3.05) is 18.4 Å². The average Bonchev–Trinajstić information content (AvgIpc) is 3.38. The second-order valence-electron chi connectivity index (χ2n) is 7.17. The van der Waals surface area contributed by atoms with Crippen molar-refractivity contribution in [2.24, 2.45) is 5.92 Å². The third kappa shape index (κ3) is 3.73. The zero-order valence-electron chi connectivity index (χ0n) is 16.6. The Bertz CT molecular complexity index is 1140. The smallest absolute Gasteiger partial charge is 0.248 e. The number of piperidine rings is 1. The summed E-state index contributed by atoms with van der Waals surface area (Å²) in [4.78, 5) is 17.3. The largest absolute Gasteiger partial charge is 0.360 e. The molecular formula is C19H22N6O4S. The van der Waals surface area contributed by atoms with Gasteiger partial charge in [0.15, 0.2) is 11.6 Å². The van der Waals surface area contributed by atoms with Gasteiger partial charge in [-0.05, 0) is 44.9 Å². The third-order valence-electron chi connectivity index (χ3n) is 5.09. The van der Waals surface area contributed by atoms with Crippen LogP contribution in [0.25, 0.3) is 5.82 Å². The first-order chi connectivity index (χ1) is 14.4. The summed E-state index contributed by atoms with van der Waals surface area (Å²) in [5.41, 5.74) is 0.829. The Hall–Kier alpha value is -3.05. The second kappa shape index (κ2) is 8.00. The highest BCUT2D eigenvalue weighted by Crippen LogP contribution is 2.28. The number of carbonyl (C=O) groups excluding carboxylic acids is 1. The molecule has 158 valence electrons. The minimum Gasteiger partial charge on any atom is -0.360 e. The molecule has 4 heterocycles. The number of sulfonamides is 1. The van der Waals surface area contributed by atoms with Gasteiger partial charge in [0, 0.05) is 31.7 Å². The maximum Gasteiger partial charge on any atom is 0.248 e. The summed E-state index contributed by atoms with van der Waals surface area (Å²) in [6, 6.07) is 5.22. The molecule has 0 radical (unpaired) electrons. The van der Waals surface area contributed by atoms with E-state index in [0.29, 0.717) is 36.6 Å². The highest BCUT2D eigenvalue weighted by atomic mass is 32.2. The fourth-order valence-corrected chi connectivity index (χ4v) is 5.47. The predicted molar refractivity (Wildman–Crippen MR) is 107 cm³/mol. The third-order valence-corrected chi connectivity index (χ3v) is 7.20. The van der Waals surface area contributed by atoms with E-state index in [4.69, 9.17) is 4.52 Å². The molecule has 10 nitrogen and oxygen atoms in total. The van der Waals surface area contributed by atoms with E-state index in [-0.39, 0.29) is 23.1 Å². The average molecular weight is 430 g/mol. The van der Waals surface area contributed by atoms with Crippen molar-refractivity contribution >= 4 is 21.6 Å². The van der Waals surface area contributed by atoms with E-state index in [0.717, 1.165) is 0 Å². The molecule has 1 fully saturated rings. The number of nitrogens with one attached hydrogen (secondary N) is 1. The molecule has 30 heavy (non-hydrogen) atoms. The molecule has 3 aromatic heterocycles. The van der Waals surface area contributed by atoms with E-state index in [2.05, 4.69) is 20.6 Å². The van der Waals surface area contributed by atoms with Crippen LogP contribution in [0.1, 0.15) is 24.3 Å². The zero-order valence-corrected chi connectivity index (χ0v) is 17.5. The van der Waals surface area contributed by atoms with Crippen LogP contribution in [-0.2, 0) is 14.8 Å². The van der Waals surface area contributed by atoms with Gasteiger partial charge in [0.2, 0.25) is 15.9 Å². The molecule has 1 unspecified atom stereocenters. The van der Waals surface area contributed by atoms with Crippen LogP contribution in [0, 0.1) is 19.8 Å². The Morgan fingerprint density at radius 2 is 2.10 bits per heavy atom. The minimum absolute atomic E-state index is 0.0804. The molecule has 1 amide bonds. The standard InChI is InChI=1S/C19H22N6O4S/c1-13-17(14(2)29-23-13)30(27,28)24-10-4-6-15(12-24)19(26)22-16-7-3-8-20-18(16)25-11-5-9-21-25/h3,5,7-9,11,15H,4,6,10,12H2,1-2H3,(H,22,26). The molecule has 4 rings (SSSR count). The van der Waals surface area contributed by atoms with Crippen LogP contribution in [0.5, 0.6) is 0 Å². The van der Waals surface area contributed by atoms with Crippen molar-refractivity contribution < 1.29 is 17.7 Å². The number of aromatic nitrogens is 4. The number of amides is 1. The van der Waals surface area contributed by atoms with E-state index < -0.39 is 15.9 Å². The Balaban J connectivity index is 1.53. The van der Waals surface area contributed by atoms with Crippen molar-refractivity contribution in [1.29, 1.82) is 0 Å². The van der Waals surface area contributed by atoms with E-state index in [1.54, 1.807) is 55.3 Å². The van der Waals surface area contributed by atoms with Gasteiger partial charge in [-0.2, -0.15) is 9.40 Å². The number of pyridine rings is 1. The Kier molecular flexibility index (Phi) is 5.39. The first-order valence-corrected chi connectivity index (χ1v) is 11.0. The molecule has 11 heteroatoms. The van der Waals surface area contributed by atoms with Gasteiger partial charge in [-0.15, -0.1) is 0 Å². The highest BCUT2D eigenvalue weighted by Gasteiger charge is 2.36. The maximum atomic E-state index is 13.1. The fourth-order valence-electron chi connectivity index (χ4n) is 3.65. The number of nitrogens with zero attached hydrogens (tertiary/aromatic N) is 5. The first-order valence-electron chi connectivity index (χ1n) is 9.57. The molecule has 1 aliphatic heterocycles. The molecule has 1 atom stereocenters. The molecule has 1 N–H and O–H groups in total. The normalized spacial score (nSPS) is 17.7. The molecule has 0 bridgehead atoms. The monoisotopic (exact) mass is 430 g/mol. The molecule has 0 spiro atoms. The van der Waals surface area contributed by atoms with Gasteiger partial charge in [0.25, 0.3) is 0 Å². The first kappa shape index (κ1) is 20.2. The van der Waals surface area contributed by atoms with Gasteiger partial charge in [-0.1, -0.05) is 5.16 Å². The lowest BCUT2D eigenvalue weighted by Crippen LogP contribution is -2.44. The van der Waals surface area contributed by atoms with Crippen LogP contribution < -0.4 is 5.32 Å². The Labute approximate surface area is 173 Å². The number of rotatable bonds is 5. The SMILES string of the molecule is Cc1noc(C)c1S(=O)(=O)N1CCCC(C(=O)Nc2cccnc2-n2cccn2)C1. The molecule has 1 saturated heterocycles. The van der Waals surface area contributed by atoms with Gasteiger partial charge < -0.3 is 9.84 Å². The van der Waals surface area contributed by atoms with Crippen molar-refractivity contribution in [3.63, 3.8) is 0 Å². The summed E-state index contributed by atoms with van der Waals surface area (Å²) in [6.45, 7) is 3.61. The second-order valence-corrected chi connectivity index (χ2v) is 9.04. The number of hydrogen-bond acceptors (Lipinski definition) is 7. The maximum absolute atomic E-state index is 13.1. The van der Waals surface area contributed by atoms with Crippen molar-refractivity contribution in [2.45, 2.75) is 31.6 Å².